The molecule has 1 N–H and O–H groups in total. The Hall–Kier alpha value is -3.92. The van der Waals surface area contributed by atoms with Crippen molar-refractivity contribution in [3.8, 4) is 11.8 Å². The van der Waals surface area contributed by atoms with Gasteiger partial charge in [-0.2, -0.15) is 10.4 Å². The molecule has 0 spiro atoms. The summed E-state index contributed by atoms with van der Waals surface area (Å²) in [5, 5.41) is 24.0. The Morgan fingerprint density at radius 2 is 2.03 bits per heavy atom. The van der Waals surface area contributed by atoms with Gasteiger partial charge in [-0.3, -0.25) is 4.79 Å². The largest absolute Gasteiger partial charge is 0.573 e. The second-order valence-electron chi connectivity index (χ2n) is 9.53. The van der Waals surface area contributed by atoms with Crippen LogP contribution in [0.2, 0.25) is 0 Å². The highest BCUT2D eigenvalue weighted by molar-refractivity contribution is 5.97. The van der Waals surface area contributed by atoms with E-state index >= 15 is 0 Å². The summed E-state index contributed by atoms with van der Waals surface area (Å²) < 4.78 is 58.3. The number of likely N-dealkylation sites (tertiary alicyclic amines) is 1. The van der Waals surface area contributed by atoms with E-state index < -0.39 is 47.5 Å². The van der Waals surface area contributed by atoms with Crippen LogP contribution in [-0.4, -0.2) is 62.6 Å². The maximum Gasteiger partial charge on any atom is 0.573 e. The molecule has 0 saturated carbocycles. The number of hydrogen-bond acceptors (Lipinski definition) is 7. The van der Waals surface area contributed by atoms with E-state index in [1.165, 1.54) is 4.90 Å². The van der Waals surface area contributed by atoms with E-state index in [0.29, 0.717) is 36.5 Å². The van der Waals surface area contributed by atoms with Gasteiger partial charge in [-0.15, -0.1) is 13.2 Å². The van der Waals surface area contributed by atoms with Crippen LogP contribution in [0.5, 0.6) is 5.75 Å². The molecule has 1 aromatic carbocycles. The molecule has 2 saturated heterocycles. The highest BCUT2D eigenvalue weighted by atomic mass is 19.4. The highest BCUT2D eigenvalue weighted by Gasteiger charge is 2.37. The van der Waals surface area contributed by atoms with Crippen molar-refractivity contribution in [3.05, 3.63) is 53.1 Å². The number of nitriles is 1. The molecule has 0 radical (unpaired) electrons. The number of aliphatic hydroxyl groups is 1. The predicted molar refractivity (Wildman–Crippen MR) is 126 cm³/mol. The molecule has 4 heterocycles. The zero-order valence-electron chi connectivity index (χ0n) is 20.3. The van der Waals surface area contributed by atoms with E-state index in [-0.39, 0.29) is 13.1 Å². The molecular weight excluding hydrogens is 508 g/mol. The SMILES string of the molecule is Cc1cn2nc([C@@H]3CCCCN3C(=O)c3cc(F)ccc3OC(F)(F)F)cc2nc1N1C[C@@H](C#N)[C@@H](O)C1. The van der Waals surface area contributed by atoms with E-state index in [1.807, 2.05) is 11.8 Å². The number of aliphatic hydroxyl groups excluding tert-OH is 1. The predicted octanol–water partition coefficient (Wildman–Crippen LogP) is 3.76. The van der Waals surface area contributed by atoms with Gasteiger partial charge < -0.3 is 19.6 Å². The molecule has 3 aromatic rings. The summed E-state index contributed by atoms with van der Waals surface area (Å²) in [4.78, 5) is 21.3. The van der Waals surface area contributed by atoms with E-state index in [4.69, 9.17) is 0 Å². The number of carbonyl (C=O) groups excluding carboxylic acids is 1. The third-order valence-electron chi connectivity index (χ3n) is 6.88. The minimum atomic E-state index is -5.05. The summed E-state index contributed by atoms with van der Waals surface area (Å²) in [6.07, 6.45) is -2.18. The van der Waals surface area contributed by atoms with Gasteiger partial charge in [0.2, 0.25) is 0 Å². The number of amides is 1. The fraction of sp³-hybridized carbons (Fsp3) is 0.440. The molecule has 0 aliphatic carbocycles. The van der Waals surface area contributed by atoms with Crippen molar-refractivity contribution in [2.75, 3.05) is 24.5 Å². The molecule has 3 atom stereocenters. The summed E-state index contributed by atoms with van der Waals surface area (Å²) in [7, 11) is 0. The van der Waals surface area contributed by atoms with Crippen LogP contribution in [0.15, 0.2) is 30.5 Å². The molecule has 2 fully saturated rings. The number of β-amino-alcohol motifs (C(OH)–C–C–N with tert-alkyl or cyclic N) is 1. The van der Waals surface area contributed by atoms with Gasteiger partial charge in [-0.05, 0) is 44.4 Å². The fourth-order valence-electron chi connectivity index (χ4n) is 5.11. The van der Waals surface area contributed by atoms with Crippen LogP contribution in [0, 0.1) is 30.0 Å². The number of aromatic nitrogens is 3. The Morgan fingerprint density at radius 3 is 2.74 bits per heavy atom. The molecular formula is C25H24F4N6O3. The first-order valence-corrected chi connectivity index (χ1v) is 12.1. The molecule has 0 unspecified atom stereocenters. The van der Waals surface area contributed by atoms with Crippen molar-refractivity contribution in [1.29, 1.82) is 5.26 Å². The summed E-state index contributed by atoms with van der Waals surface area (Å²) in [5.41, 5.74) is 1.21. The number of anilines is 1. The third kappa shape index (κ3) is 4.96. The number of carbonyl (C=O) groups is 1. The number of nitrogens with zero attached hydrogens (tertiary/aromatic N) is 6. The number of hydrogen-bond donors (Lipinski definition) is 1. The average Bonchev–Trinajstić information content (AvgIpc) is 3.45. The van der Waals surface area contributed by atoms with E-state index in [2.05, 4.69) is 20.9 Å². The van der Waals surface area contributed by atoms with Crippen LogP contribution in [-0.2, 0) is 0 Å². The monoisotopic (exact) mass is 532 g/mol. The standard InChI is InChI=1S/C25H24F4N6O3/c1-14-11-35-22(31-23(14)33-12-15(10-30)20(36)13-33)9-18(32-35)19-4-2-3-7-34(19)24(37)17-8-16(26)5-6-21(17)38-25(27,28)29/h5-6,8-9,11,15,19-20,36H,2-4,7,12-13H2,1H3/t15-,19+,20+/m1/s1. The Kier molecular flexibility index (Phi) is 6.60. The lowest BCUT2D eigenvalue weighted by molar-refractivity contribution is -0.274. The van der Waals surface area contributed by atoms with Crippen molar-refractivity contribution in [2.45, 2.75) is 44.7 Å². The van der Waals surface area contributed by atoms with Crippen LogP contribution < -0.4 is 9.64 Å². The van der Waals surface area contributed by atoms with Crippen LogP contribution in [0.4, 0.5) is 23.4 Å². The third-order valence-corrected chi connectivity index (χ3v) is 6.88. The van der Waals surface area contributed by atoms with Gasteiger partial charge in [0.05, 0.1) is 35.4 Å². The summed E-state index contributed by atoms with van der Waals surface area (Å²) in [6.45, 7) is 2.68. The number of aryl methyl sites for hydroxylation is 1. The maximum atomic E-state index is 14.0. The number of halogens is 4. The topological polar surface area (TPSA) is 107 Å². The number of piperidine rings is 1. The average molecular weight is 532 g/mol. The van der Waals surface area contributed by atoms with E-state index in [0.717, 1.165) is 30.2 Å². The van der Waals surface area contributed by atoms with Gasteiger partial charge in [0, 0.05) is 37.5 Å². The van der Waals surface area contributed by atoms with Gasteiger partial charge in [0.15, 0.2) is 5.65 Å². The van der Waals surface area contributed by atoms with E-state index in [1.54, 1.807) is 16.8 Å². The lowest BCUT2D eigenvalue weighted by atomic mass is 9.98. The normalized spacial score (nSPS) is 22.1. The molecule has 2 aliphatic heterocycles. The Morgan fingerprint density at radius 1 is 1.24 bits per heavy atom. The second kappa shape index (κ2) is 9.75. The number of fused-ring (bicyclic) bond motifs is 1. The van der Waals surface area contributed by atoms with Crippen LogP contribution >= 0.6 is 0 Å². The quantitative estimate of drug-likeness (QED) is 0.510. The summed E-state index contributed by atoms with van der Waals surface area (Å²) >= 11 is 0. The van der Waals surface area contributed by atoms with Gasteiger partial charge in [-0.25, -0.2) is 13.9 Å². The molecule has 0 bridgehead atoms. The first-order valence-electron chi connectivity index (χ1n) is 12.1. The molecule has 2 aromatic heterocycles. The van der Waals surface area contributed by atoms with Gasteiger partial charge in [0.1, 0.15) is 17.4 Å². The molecule has 1 amide bonds. The highest BCUT2D eigenvalue weighted by Crippen LogP contribution is 2.35. The van der Waals surface area contributed by atoms with Crippen LogP contribution in [0.3, 0.4) is 0 Å². The summed E-state index contributed by atoms with van der Waals surface area (Å²) in [6, 6.07) is 5.57. The zero-order valence-corrected chi connectivity index (χ0v) is 20.3. The van der Waals surface area contributed by atoms with Crippen molar-refractivity contribution in [2.24, 2.45) is 5.92 Å². The molecule has 38 heavy (non-hydrogen) atoms. The van der Waals surface area contributed by atoms with Crippen molar-refractivity contribution < 1.29 is 32.2 Å². The van der Waals surface area contributed by atoms with Crippen molar-refractivity contribution >= 4 is 17.4 Å². The Balaban J connectivity index is 1.47. The van der Waals surface area contributed by atoms with Crippen molar-refractivity contribution in [1.82, 2.24) is 19.5 Å². The molecule has 5 rings (SSSR count). The Bertz CT molecular complexity index is 1420. The molecule has 9 nitrogen and oxygen atoms in total. The Labute approximate surface area is 214 Å². The van der Waals surface area contributed by atoms with E-state index in [9.17, 15) is 32.7 Å². The van der Waals surface area contributed by atoms with Gasteiger partial charge in [0.25, 0.3) is 5.91 Å². The fourth-order valence-corrected chi connectivity index (χ4v) is 5.11. The maximum absolute atomic E-state index is 14.0. The number of benzene rings is 1. The lowest BCUT2D eigenvalue weighted by Crippen LogP contribution is -2.39. The molecule has 13 heteroatoms. The number of ether oxygens (including phenoxy) is 1. The summed E-state index contributed by atoms with van der Waals surface area (Å²) in [5.74, 6) is -2.34. The second-order valence-corrected chi connectivity index (χ2v) is 9.53. The minimum absolute atomic E-state index is 0.248. The van der Waals surface area contributed by atoms with Gasteiger partial charge in [-0.1, -0.05) is 0 Å². The van der Waals surface area contributed by atoms with Crippen LogP contribution in [0.1, 0.15) is 46.9 Å². The molecule has 200 valence electrons. The number of rotatable bonds is 4. The van der Waals surface area contributed by atoms with Crippen molar-refractivity contribution in [3.63, 3.8) is 0 Å². The molecule has 2 aliphatic rings. The zero-order chi connectivity index (χ0) is 27.2. The van der Waals surface area contributed by atoms with Gasteiger partial charge >= 0.3 is 6.36 Å². The minimum Gasteiger partial charge on any atom is -0.405 e. The number of alkyl halides is 3. The first kappa shape index (κ1) is 25.7. The smallest absolute Gasteiger partial charge is 0.405 e. The lowest BCUT2D eigenvalue weighted by Gasteiger charge is -2.35. The van der Waals surface area contributed by atoms with Crippen LogP contribution in [0.25, 0.3) is 5.65 Å². The first-order chi connectivity index (χ1) is 18.0.